The Morgan fingerprint density at radius 3 is 1.85 bits per heavy atom. The molecule has 2 N–H and O–H groups in total. The van der Waals surface area contributed by atoms with Crippen molar-refractivity contribution in [2.75, 3.05) is 5.73 Å². The maximum atomic E-state index is 10.3. The summed E-state index contributed by atoms with van der Waals surface area (Å²) in [6.45, 7) is 0. The predicted molar refractivity (Wildman–Crippen MR) is 42.0 cm³/mol. The topological polar surface area (TPSA) is 125 Å². The van der Waals surface area contributed by atoms with Gasteiger partial charge in [-0.2, -0.15) is 0 Å². The van der Waals surface area contributed by atoms with Crippen LogP contribution in [0.15, 0.2) is 12.4 Å². The number of nitro groups is 2. The summed E-state index contributed by atoms with van der Waals surface area (Å²) in [6, 6.07) is 0. The molecule has 1 aromatic rings. The zero-order valence-electron chi connectivity index (χ0n) is 6.21. The first kappa shape index (κ1) is 8.84. The van der Waals surface area contributed by atoms with Crippen molar-refractivity contribution in [3.05, 3.63) is 32.6 Å². The highest BCUT2D eigenvalue weighted by atomic mass is 16.6. The van der Waals surface area contributed by atoms with E-state index in [4.69, 9.17) is 5.73 Å². The Bertz CT molecular complexity index is 345. The van der Waals surface area contributed by atoms with Gasteiger partial charge in [0.05, 0.1) is 9.85 Å². The molecular formula is C5H4N4O4. The van der Waals surface area contributed by atoms with Crippen molar-refractivity contribution in [3.8, 4) is 0 Å². The molecule has 0 atom stereocenters. The minimum Gasteiger partial charge on any atom is -0.387 e. The first-order valence-corrected chi connectivity index (χ1v) is 3.06. The van der Waals surface area contributed by atoms with Crippen LogP contribution in [0.1, 0.15) is 0 Å². The van der Waals surface area contributed by atoms with E-state index < -0.39 is 26.9 Å². The lowest BCUT2D eigenvalue weighted by molar-refractivity contribution is -0.392. The van der Waals surface area contributed by atoms with Crippen LogP contribution in [-0.2, 0) is 0 Å². The molecule has 0 saturated carbocycles. The molecule has 1 aromatic heterocycles. The van der Waals surface area contributed by atoms with Crippen molar-refractivity contribution < 1.29 is 9.85 Å². The average Bonchev–Trinajstić information content (AvgIpc) is 2.03. The summed E-state index contributed by atoms with van der Waals surface area (Å²) < 4.78 is 0. The van der Waals surface area contributed by atoms with E-state index in [1.165, 1.54) is 0 Å². The number of nitrogens with two attached hydrogens (primary N) is 1. The van der Waals surface area contributed by atoms with Crippen LogP contribution in [-0.4, -0.2) is 14.8 Å². The molecule has 8 heteroatoms. The molecular weight excluding hydrogens is 180 g/mol. The smallest absolute Gasteiger partial charge is 0.317 e. The van der Waals surface area contributed by atoms with Crippen LogP contribution >= 0.6 is 0 Å². The fraction of sp³-hybridized carbons (Fsp3) is 0. The third kappa shape index (κ3) is 1.50. The lowest BCUT2D eigenvalue weighted by Gasteiger charge is -1.96. The van der Waals surface area contributed by atoms with Gasteiger partial charge in [0.25, 0.3) is 0 Å². The number of hydrogen-bond acceptors (Lipinski definition) is 6. The zero-order chi connectivity index (χ0) is 10.0. The Morgan fingerprint density at radius 1 is 1.15 bits per heavy atom. The van der Waals surface area contributed by atoms with E-state index in [0.29, 0.717) is 0 Å². The van der Waals surface area contributed by atoms with Crippen molar-refractivity contribution >= 4 is 17.1 Å². The Balaban J connectivity index is 3.35. The van der Waals surface area contributed by atoms with Crippen molar-refractivity contribution in [2.24, 2.45) is 0 Å². The lowest BCUT2D eigenvalue weighted by atomic mass is 10.3. The van der Waals surface area contributed by atoms with Gasteiger partial charge < -0.3 is 5.73 Å². The van der Waals surface area contributed by atoms with Crippen LogP contribution in [0.5, 0.6) is 0 Å². The van der Waals surface area contributed by atoms with Gasteiger partial charge in [0, 0.05) is 0 Å². The van der Waals surface area contributed by atoms with Gasteiger partial charge in [-0.15, -0.1) is 0 Å². The van der Waals surface area contributed by atoms with Gasteiger partial charge in [-0.05, 0) is 0 Å². The van der Waals surface area contributed by atoms with E-state index in [-0.39, 0.29) is 0 Å². The second kappa shape index (κ2) is 3.01. The lowest BCUT2D eigenvalue weighted by Crippen LogP contribution is -2.01. The Morgan fingerprint density at radius 2 is 1.54 bits per heavy atom. The summed E-state index contributed by atoms with van der Waals surface area (Å²) >= 11 is 0. The van der Waals surface area contributed by atoms with Crippen LogP contribution in [0.3, 0.4) is 0 Å². The molecule has 0 aliphatic heterocycles. The van der Waals surface area contributed by atoms with Gasteiger partial charge in [-0.3, -0.25) is 25.2 Å². The predicted octanol–water partition coefficient (Wildman–Crippen LogP) is 0.480. The molecule has 1 heterocycles. The molecule has 0 unspecified atom stereocenters. The SMILES string of the molecule is Nc1c([N+](=O)[O-])cncc1[N+](=O)[O-]. The quantitative estimate of drug-likeness (QED) is 0.526. The van der Waals surface area contributed by atoms with Gasteiger partial charge in [0.15, 0.2) is 5.69 Å². The number of hydrogen-bond donors (Lipinski definition) is 1. The molecule has 0 aliphatic rings. The minimum atomic E-state index is -0.824. The molecule has 8 nitrogen and oxygen atoms in total. The Kier molecular flexibility index (Phi) is 2.05. The third-order valence-electron chi connectivity index (χ3n) is 1.34. The van der Waals surface area contributed by atoms with Crippen molar-refractivity contribution in [1.82, 2.24) is 4.98 Å². The molecule has 0 saturated heterocycles. The second-order valence-electron chi connectivity index (χ2n) is 2.11. The van der Waals surface area contributed by atoms with Gasteiger partial charge in [-0.25, -0.2) is 0 Å². The molecule has 0 bridgehead atoms. The van der Waals surface area contributed by atoms with Gasteiger partial charge >= 0.3 is 11.4 Å². The van der Waals surface area contributed by atoms with E-state index in [9.17, 15) is 20.2 Å². The molecule has 13 heavy (non-hydrogen) atoms. The molecule has 0 aliphatic carbocycles. The highest BCUT2D eigenvalue weighted by Crippen LogP contribution is 2.28. The standard InChI is InChI=1S/C5H4N4O4/c6-5-3(8(10)11)1-7-2-4(5)9(12)13/h1-2H,(H2,6,7). The maximum Gasteiger partial charge on any atom is 0.317 e. The Labute approximate surface area is 71.3 Å². The molecule has 0 amide bonds. The van der Waals surface area contributed by atoms with Crippen molar-refractivity contribution in [3.63, 3.8) is 0 Å². The highest BCUT2D eigenvalue weighted by molar-refractivity contribution is 5.68. The molecule has 0 radical (unpaired) electrons. The van der Waals surface area contributed by atoms with Gasteiger partial charge in [0.1, 0.15) is 12.4 Å². The summed E-state index contributed by atoms with van der Waals surface area (Å²) in [5, 5.41) is 20.5. The van der Waals surface area contributed by atoms with E-state index in [0.717, 1.165) is 12.4 Å². The molecule has 0 fully saturated rings. The van der Waals surface area contributed by atoms with Crippen molar-refractivity contribution in [2.45, 2.75) is 0 Å². The summed E-state index contributed by atoms with van der Waals surface area (Å²) in [4.78, 5) is 22.2. The second-order valence-corrected chi connectivity index (χ2v) is 2.11. The van der Waals surface area contributed by atoms with Crippen LogP contribution < -0.4 is 5.73 Å². The monoisotopic (exact) mass is 184 g/mol. The summed E-state index contributed by atoms with van der Waals surface area (Å²) in [5.74, 6) is 0. The van der Waals surface area contributed by atoms with Crippen LogP contribution in [0, 0.1) is 20.2 Å². The molecule has 1 rings (SSSR count). The van der Waals surface area contributed by atoms with E-state index in [2.05, 4.69) is 4.98 Å². The average molecular weight is 184 g/mol. The number of pyridine rings is 1. The van der Waals surface area contributed by atoms with E-state index >= 15 is 0 Å². The molecule has 68 valence electrons. The van der Waals surface area contributed by atoms with Crippen LogP contribution in [0.4, 0.5) is 17.1 Å². The van der Waals surface area contributed by atoms with E-state index in [1.807, 2.05) is 0 Å². The summed E-state index contributed by atoms with van der Waals surface area (Å²) in [6.07, 6.45) is 1.73. The number of rotatable bonds is 2. The highest BCUT2D eigenvalue weighted by Gasteiger charge is 2.22. The summed E-state index contributed by atoms with van der Waals surface area (Å²) in [7, 11) is 0. The number of anilines is 1. The molecule has 0 spiro atoms. The van der Waals surface area contributed by atoms with Crippen LogP contribution in [0.25, 0.3) is 0 Å². The van der Waals surface area contributed by atoms with Gasteiger partial charge in [-0.1, -0.05) is 0 Å². The minimum absolute atomic E-state index is 0.481. The number of nitrogen functional groups attached to an aromatic ring is 1. The fourth-order valence-electron chi connectivity index (χ4n) is 0.740. The largest absolute Gasteiger partial charge is 0.387 e. The Hall–Kier alpha value is -2.25. The zero-order valence-corrected chi connectivity index (χ0v) is 6.21. The normalized spacial score (nSPS) is 9.54. The maximum absolute atomic E-state index is 10.3. The number of aromatic nitrogens is 1. The van der Waals surface area contributed by atoms with E-state index in [1.54, 1.807) is 0 Å². The van der Waals surface area contributed by atoms with Crippen molar-refractivity contribution in [1.29, 1.82) is 0 Å². The number of nitrogens with zero attached hydrogens (tertiary/aromatic N) is 3. The summed E-state index contributed by atoms with van der Waals surface area (Å²) in [5.41, 5.74) is 3.56. The van der Waals surface area contributed by atoms with Gasteiger partial charge in [0.2, 0.25) is 0 Å². The fourth-order valence-corrected chi connectivity index (χ4v) is 0.740. The molecule has 0 aromatic carbocycles. The first-order chi connectivity index (χ1) is 6.04. The van der Waals surface area contributed by atoms with Crippen LogP contribution in [0.2, 0.25) is 0 Å². The first-order valence-electron chi connectivity index (χ1n) is 3.06. The third-order valence-corrected chi connectivity index (χ3v) is 1.34.